The first-order valence-electron chi connectivity index (χ1n) is 4.89. The summed E-state index contributed by atoms with van der Waals surface area (Å²) in [5.74, 6) is 0.0141. The molecule has 90 valence electrons. The van der Waals surface area contributed by atoms with Crippen molar-refractivity contribution in [1.29, 1.82) is 0 Å². The van der Waals surface area contributed by atoms with Crippen LogP contribution in [0.15, 0.2) is 4.52 Å². The lowest BCUT2D eigenvalue weighted by molar-refractivity contribution is 0.136. The summed E-state index contributed by atoms with van der Waals surface area (Å²) in [7, 11) is 0. The average Bonchev–Trinajstić information content (AvgIpc) is 2.84. The quantitative estimate of drug-likeness (QED) is 0.895. The fraction of sp³-hybridized carbons (Fsp3) is 0.300. The van der Waals surface area contributed by atoms with Gasteiger partial charge in [-0.25, -0.2) is 13.8 Å². The second-order valence-corrected chi connectivity index (χ2v) is 3.46. The molecule has 0 bridgehead atoms. The summed E-state index contributed by atoms with van der Waals surface area (Å²) in [4.78, 5) is 10.7. The molecule has 2 heterocycles. The largest absolute Gasteiger partial charge is 0.342 e. The number of aromatic nitrogens is 4. The molecular formula is C10H10F2N4O. The number of halogens is 2. The number of H-pyrrole nitrogens is 1. The van der Waals surface area contributed by atoms with Gasteiger partial charge in [-0.15, -0.1) is 0 Å². The molecule has 0 spiro atoms. The Morgan fingerprint density at radius 1 is 1.24 bits per heavy atom. The van der Waals surface area contributed by atoms with Crippen LogP contribution in [0, 0.1) is 13.8 Å². The topological polar surface area (TPSA) is 67.6 Å². The van der Waals surface area contributed by atoms with E-state index in [0.717, 1.165) is 11.4 Å². The Balaban J connectivity index is 2.14. The van der Waals surface area contributed by atoms with Crippen molar-refractivity contribution in [3.8, 4) is 0 Å². The SMILES string of the molecule is Cc1nc(/C=C/c2nc(C(F)F)no2)[nH]c1C. The minimum atomic E-state index is -2.73. The molecule has 17 heavy (non-hydrogen) atoms. The van der Waals surface area contributed by atoms with E-state index in [0.29, 0.717) is 5.82 Å². The zero-order valence-corrected chi connectivity index (χ0v) is 9.24. The van der Waals surface area contributed by atoms with Gasteiger partial charge in [0.25, 0.3) is 5.89 Å². The van der Waals surface area contributed by atoms with Crippen molar-refractivity contribution >= 4 is 12.2 Å². The standard InChI is InChI=1S/C10H10F2N4O/c1-5-6(2)14-7(13-5)3-4-8-15-10(9(11)12)16-17-8/h3-4,9H,1-2H3,(H,13,14)/b4-3+. The fourth-order valence-electron chi connectivity index (χ4n) is 1.21. The van der Waals surface area contributed by atoms with Crippen LogP contribution in [-0.2, 0) is 0 Å². The first-order valence-corrected chi connectivity index (χ1v) is 4.89. The van der Waals surface area contributed by atoms with Gasteiger partial charge in [-0.1, -0.05) is 5.16 Å². The number of nitrogens with one attached hydrogen (secondary N) is 1. The molecule has 2 aromatic heterocycles. The Bertz CT molecular complexity index is 525. The lowest BCUT2D eigenvalue weighted by Gasteiger charge is -1.84. The van der Waals surface area contributed by atoms with Crippen LogP contribution in [0.25, 0.3) is 12.2 Å². The van der Waals surface area contributed by atoms with Gasteiger partial charge in [-0.3, -0.25) is 0 Å². The summed E-state index contributed by atoms with van der Waals surface area (Å²) < 4.78 is 29.0. The first-order chi connectivity index (χ1) is 8.06. The highest BCUT2D eigenvalue weighted by Crippen LogP contribution is 2.15. The lowest BCUT2D eigenvalue weighted by Crippen LogP contribution is -1.85. The molecule has 2 aromatic rings. The molecule has 0 aromatic carbocycles. The molecule has 7 heteroatoms. The van der Waals surface area contributed by atoms with Gasteiger partial charge in [0.15, 0.2) is 0 Å². The molecule has 0 radical (unpaired) electrons. The van der Waals surface area contributed by atoms with Crippen LogP contribution in [0.5, 0.6) is 0 Å². The number of aromatic amines is 1. The summed E-state index contributed by atoms with van der Waals surface area (Å²) in [5.41, 5.74) is 1.83. The molecule has 5 nitrogen and oxygen atoms in total. The molecule has 0 saturated heterocycles. The minimum absolute atomic E-state index is 0.0204. The minimum Gasteiger partial charge on any atom is -0.342 e. The summed E-state index contributed by atoms with van der Waals surface area (Å²) in [6.45, 7) is 3.76. The molecule has 2 rings (SSSR count). The van der Waals surface area contributed by atoms with E-state index in [2.05, 4.69) is 24.6 Å². The van der Waals surface area contributed by atoms with Gasteiger partial charge in [-0.05, 0) is 19.9 Å². The molecule has 0 aliphatic carbocycles. The summed E-state index contributed by atoms with van der Waals surface area (Å²) >= 11 is 0. The molecular weight excluding hydrogens is 230 g/mol. The smallest absolute Gasteiger partial charge is 0.300 e. The van der Waals surface area contributed by atoms with Crippen LogP contribution < -0.4 is 0 Å². The maximum absolute atomic E-state index is 12.2. The van der Waals surface area contributed by atoms with Crippen LogP contribution in [0.3, 0.4) is 0 Å². The highest BCUT2D eigenvalue weighted by Gasteiger charge is 2.14. The zero-order valence-electron chi connectivity index (χ0n) is 9.24. The number of imidazole rings is 1. The number of hydrogen-bond acceptors (Lipinski definition) is 4. The molecule has 0 aliphatic heterocycles. The monoisotopic (exact) mass is 240 g/mol. The van der Waals surface area contributed by atoms with Crippen LogP contribution in [-0.4, -0.2) is 20.1 Å². The molecule has 0 amide bonds. The molecule has 0 aliphatic rings. The molecule has 0 fully saturated rings. The third kappa shape index (κ3) is 2.55. The van der Waals surface area contributed by atoms with Crippen molar-refractivity contribution in [2.24, 2.45) is 0 Å². The van der Waals surface area contributed by atoms with Crippen molar-refractivity contribution in [2.45, 2.75) is 20.3 Å². The van der Waals surface area contributed by atoms with E-state index in [4.69, 9.17) is 0 Å². The van der Waals surface area contributed by atoms with E-state index in [9.17, 15) is 8.78 Å². The summed E-state index contributed by atoms with van der Waals surface area (Å²) in [5, 5.41) is 3.13. The third-order valence-electron chi connectivity index (χ3n) is 2.18. The van der Waals surface area contributed by atoms with Crippen molar-refractivity contribution in [1.82, 2.24) is 20.1 Å². The number of nitrogens with zero attached hydrogens (tertiary/aromatic N) is 3. The van der Waals surface area contributed by atoms with Crippen LogP contribution in [0.2, 0.25) is 0 Å². The van der Waals surface area contributed by atoms with Gasteiger partial charge >= 0.3 is 6.43 Å². The second-order valence-electron chi connectivity index (χ2n) is 3.46. The highest BCUT2D eigenvalue weighted by atomic mass is 19.3. The maximum atomic E-state index is 12.2. The van der Waals surface area contributed by atoms with E-state index < -0.39 is 12.2 Å². The average molecular weight is 240 g/mol. The fourth-order valence-corrected chi connectivity index (χ4v) is 1.21. The van der Waals surface area contributed by atoms with Crippen molar-refractivity contribution in [3.63, 3.8) is 0 Å². The van der Waals surface area contributed by atoms with E-state index in [1.54, 1.807) is 6.08 Å². The summed E-state index contributed by atoms with van der Waals surface area (Å²) in [6, 6.07) is 0. The van der Waals surface area contributed by atoms with Gasteiger partial charge < -0.3 is 9.51 Å². The molecule has 1 N–H and O–H groups in total. The van der Waals surface area contributed by atoms with Gasteiger partial charge in [0.2, 0.25) is 5.82 Å². The van der Waals surface area contributed by atoms with Crippen LogP contribution >= 0.6 is 0 Å². The number of alkyl halides is 2. The van der Waals surface area contributed by atoms with E-state index in [1.165, 1.54) is 6.08 Å². The normalized spacial score (nSPS) is 11.8. The third-order valence-corrected chi connectivity index (χ3v) is 2.18. The Morgan fingerprint density at radius 2 is 2.00 bits per heavy atom. The summed E-state index contributed by atoms with van der Waals surface area (Å²) in [6.07, 6.45) is 0.285. The first kappa shape index (κ1) is 11.4. The Morgan fingerprint density at radius 3 is 2.53 bits per heavy atom. The predicted molar refractivity (Wildman–Crippen MR) is 56.2 cm³/mol. The maximum Gasteiger partial charge on any atom is 0.300 e. The van der Waals surface area contributed by atoms with Crippen LogP contribution in [0.1, 0.15) is 35.4 Å². The second kappa shape index (κ2) is 4.44. The van der Waals surface area contributed by atoms with Gasteiger partial charge in [-0.2, -0.15) is 4.98 Å². The van der Waals surface area contributed by atoms with Crippen molar-refractivity contribution in [3.05, 3.63) is 28.9 Å². The predicted octanol–water partition coefficient (Wildman–Crippen LogP) is 2.52. The Hall–Kier alpha value is -2.05. The molecule has 0 saturated carbocycles. The van der Waals surface area contributed by atoms with Gasteiger partial charge in [0.1, 0.15) is 5.82 Å². The van der Waals surface area contributed by atoms with Crippen molar-refractivity contribution in [2.75, 3.05) is 0 Å². The van der Waals surface area contributed by atoms with E-state index in [-0.39, 0.29) is 5.89 Å². The Kier molecular flexibility index (Phi) is 2.99. The van der Waals surface area contributed by atoms with E-state index >= 15 is 0 Å². The molecule has 0 unspecified atom stereocenters. The van der Waals surface area contributed by atoms with Gasteiger partial charge in [0, 0.05) is 11.8 Å². The molecule has 0 atom stereocenters. The zero-order chi connectivity index (χ0) is 12.4. The number of hydrogen-bond donors (Lipinski definition) is 1. The number of rotatable bonds is 3. The number of aryl methyl sites for hydroxylation is 2. The highest BCUT2D eigenvalue weighted by molar-refractivity contribution is 5.62. The van der Waals surface area contributed by atoms with Gasteiger partial charge in [0.05, 0.1) is 5.69 Å². The van der Waals surface area contributed by atoms with E-state index in [1.807, 2.05) is 13.8 Å². The lowest BCUT2D eigenvalue weighted by atomic mass is 10.4. The van der Waals surface area contributed by atoms with Crippen LogP contribution in [0.4, 0.5) is 8.78 Å². The van der Waals surface area contributed by atoms with Crippen molar-refractivity contribution < 1.29 is 13.3 Å². The Labute approximate surface area is 95.6 Å².